The molecular formula is C8H8O6. The predicted molar refractivity (Wildman–Crippen MR) is 42.6 cm³/mol. The van der Waals surface area contributed by atoms with Crippen molar-refractivity contribution in [2.75, 3.05) is 7.11 Å². The van der Waals surface area contributed by atoms with Crippen molar-refractivity contribution >= 4 is 11.9 Å². The number of aromatic carboxylic acids is 1. The fourth-order valence-corrected chi connectivity index (χ4v) is 0.843. The predicted octanol–water partition coefficient (Wildman–Crippen LogP) is 0.184. The first-order valence-corrected chi connectivity index (χ1v) is 3.65. The van der Waals surface area contributed by atoms with Crippen LogP contribution in [0.3, 0.4) is 0 Å². The van der Waals surface area contributed by atoms with Gasteiger partial charge in [-0.05, 0) is 12.1 Å². The van der Waals surface area contributed by atoms with Crippen LogP contribution in [0.5, 0.6) is 0 Å². The van der Waals surface area contributed by atoms with Gasteiger partial charge in [-0.2, -0.15) is 0 Å². The Morgan fingerprint density at radius 2 is 2.14 bits per heavy atom. The van der Waals surface area contributed by atoms with Gasteiger partial charge in [-0.3, -0.25) is 0 Å². The van der Waals surface area contributed by atoms with E-state index >= 15 is 0 Å². The molecule has 0 spiro atoms. The number of aliphatic hydroxyl groups is 1. The molecule has 0 aliphatic carbocycles. The highest BCUT2D eigenvalue weighted by molar-refractivity contribution is 5.84. The molecule has 1 aromatic rings. The maximum atomic E-state index is 10.8. The molecule has 14 heavy (non-hydrogen) atoms. The summed E-state index contributed by atoms with van der Waals surface area (Å²) in [5, 5.41) is 17.7. The van der Waals surface area contributed by atoms with Gasteiger partial charge in [-0.15, -0.1) is 0 Å². The molecule has 6 heteroatoms. The number of hydrogen-bond acceptors (Lipinski definition) is 5. The largest absolute Gasteiger partial charge is 0.475 e. The zero-order valence-corrected chi connectivity index (χ0v) is 7.26. The van der Waals surface area contributed by atoms with Crippen molar-refractivity contribution in [1.82, 2.24) is 0 Å². The minimum atomic E-state index is -1.59. The topological polar surface area (TPSA) is 97.0 Å². The second-order valence-electron chi connectivity index (χ2n) is 2.43. The number of methoxy groups -OCH3 is 1. The third-order valence-electron chi connectivity index (χ3n) is 1.53. The van der Waals surface area contributed by atoms with Crippen molar-refractivity contribution in [2.45, 2.75) is 6.10 Å². The third-order valence-corrected chi connectivity index (χ3v) is 1.53. The summed E-state index contributed by atoms with van der Waals surface area (Å²) in [6.45, 7) is 0. The first kappa shape index (κ1) is 10.3. The van der Waals surface area contributed by atoms with E-state index in [1.165, 1.54) is 6.07 Å². The third kappa shape index (κ3) is 1.91. The molecule has 0 aliphatic heterocycles. The van der Waals surface area contributed by atoms with E-state index < -0.39 is 18.0 Å². The molecule has 0 aromatic carbocycles. The summed E-state index contributed by atoms with van der Waals surface area (Å²) in [5.41, 5.74) is 0. The molecule has 2 N–H and O–H groups in total. The van der Waals surface area contributed by atoms with Crippen LogP contribution in [0.2, 0.25) is 0 Å². The van der Waals surface area contributed by atoms with E-state index in [1.807, 2.05) is 0 Å². The van der Waals surface area contributed by atoms with Gasteiger partial charge in [0, 0.05) is 0 Å². The number of hydrogen-bond donors (Lipinski definition) is 2. The van der Waals surface area contributed by atoms with Crippen LogP contribution in [0, 0.1) is 0 Å². The van der Waals surface area contributed by atoms with Gasteiger partial charge in [0.05, 0.1) is 7.11 Å². The monoisotopic (exact) mass is 200 g/mol. The Kier molecular flexibility index (Phi) is 2.88. The maximum absolute atomic E-state index is 10.8. The number of esters is 1. The lowest BCUT2D eigenvalue weighted by Gasteiger charge is -2.03. The smallest absolute Gasteiger partial charge is 0.371 e. The zero-order chi connectivity index (χ0) is 10.7. The fraction of sp³-hybridized carbons (Fsp3) is 0.250. The summed E-state index contributed by atoms with van der Waals surface area (Å²) in [6, 6.07) is 2.34. The molecular weight excluding hydrogens is 192 g/mol. The highest BCUT2D eigenvalue weighted by Gasteiger charge is 2.22. The van der Waals surface area contributed by atoms with Gasteiger partial charge in [0.1, 0.15) is 5.76 Å². The van der Waals surface area contributed by atoms with Crippen LogP contribution in [0.15, 0.2) is 16.5 Å². The first-order valence-electron chi connectivity index (χ1n) is 3.65. The van der Waals surface area contributed by atoms with Crippen LogP contribution in [0.1, 0.15) is 22.4 Å². The molecule has 76 valence electrons. The van der Waals surface area contributed by atoms with Crippen LogP contribution in [0.4, 0.5) is 0 Å². The Morgan fingerprint density at radius 1 is 1.50 bits per heavy atom. The fourth-order valence-electron chi connectivity index (χ4n) is 0.843. The number of aliphatic hydroxyl groups excluding tert-OH is 1. The van der Waals surface area contributed by atoms with E-state index in [2.05, 4.69) is 9.15 Å². The Labute approximate surface area is 78.7 Å². The molecule has 0 radical (unpaired) electrons. The van der Waals surface area contributed by atoms with E-state index in [9.17, 15) is 14.7 Å². The molecule has 1 atom stereocenters. The lowest BCUT2D eigenvalue weighted by Crippen LogP contribution is -2.12. The van der Waals surface area contributed by atoms with Crippen molar-refractivity contribution in [3.63, 3.8) is 0 Å². The lowest BCUT2D eigenvalue weighted by atomic mass is 10.3. The Morgan fingerprint density at radius 3 is 2.57 bits per heavy atom. The number of carbonyl (C=O) groups is 2. The lowest BCUT2D eigenvalue weighted by molar-refractivity contribution is -0.151. The molecule has 0 saturated heterocycles. The van der Waals surface area contributed by atoms with Crippen LogP contribution in [-0.4, -0.2) is 29.3 Å². The highest BCUT2D eigenvalue weighted by atomic mass is 16.5. The van der Waals surface area contributed by atoms with Gasteiger partial charge in [0.2, 0.25) is 11.9 Å². The second kappa shape index (κ2) is 3.93. The summed E-state index contributed by atoms with van der Waals surface area (Å²) in [6.07, 6.45) is -1.59. The van der Waals surface area contributed by atoms with Crippen LogP contribution < -0.4 is 0 Å². The van der Waals surface area contributed by atoms with Gasteiger partial charge < -0.3 is 19.4 Å². The van der Waals surface area contributed by atoms with Crippen molar-refractivity contribution in [3.05, 3.63) is 23.7 Å². The Bertz CT molecular complexity index is 352. The SMILES string of the molecule is COC(=O)C(O)c1ccc(C(=O)O)o1. The van der Waals surface area contributed by atoms with Gasteiger partial charge in [0.15, 0.2) is 0 Å². The summed E-state index contributed by atoms with van der Waals surface area (Å²) in [4.78, 5) is 21.2. The average molecular weight is 200 g/mol. The zero-order valence-electron chi connectivity index (χ0n) is 7.26. The number of carboxylic acid groups (broad SMARTS) is 1. The molecule has 0 saturated carbocycles. The molecule has 1 heterocycles. The number of carboxylic acids is 1. The van der Waals surface area contributed by atoms with Crippen molar-refractivity contribution in [2.24, 2.45) is 0 Å². The first-order chi connectivity index (χ1) is 6.56. The van der Waals surface area contributed by atoms with E-state index in [1.54, 1.807) is 0 Å². The molecule has 6 nitrogen and oxygen atoms in total. The maximum Gasteiger partial charge on any atom is 0.371 e. The van der Waals surface area contributed by atoms with Gasteiger partial charge >= 0.3 is 11.9 Å². The van der Waals surface area contributed by atoms with Crippen molar-refractivity contribution in [1.29, 1.82) is 0 Å². The molecule has 0 bridgehead atoms. The van der Waals surface area contributed by atoms with Crippen LogP contribution in [-0.2, 0) is 9.53 Å². The highest BCUT2D eigenvalue weighted by Crippen LogP contribution is 2.17. The Balaban J connectivity index is 2.86. The molecule has 0 aliphatic rings. The number of rotatable bonds is 3. The van der Waals surface area contributed by atoms with Crippen LogP contribution >= 0.6 is 0 Å². The number of carbonyl (C=O) groups excluding carboxylic acids is 1. The molecule has 0 amide bonds. The van der Waals surface area contributed by atoms with E-state index in [0.717, 1.165) is 13.2 Å². The standard InChI is InChI=1S/C8H8O6/c1-13-8(12)6(9)4-2-3-5(14-4)7(10)11/h2-3,6,9H,1H3,(H,10,11). The average Bonchev–Trinajstić information content (AvgIpc) is 2.64. The minimum absolute atomic E-state index is 0.158. The second-order valence-corrected chi connectivity index (χ2v) is 2.43. The van der Waals surface area contributed by atoms with E-state index in [-0.39, 0.29) is 11.5 Å². The molecule has 1 aromatic heterocycles. The van der Waals surface area contributed by atoms with E-state index in [0.29, 0.717) is 0 Å². The van der Waals surface area contributed by atoms with Gasteiger partial charge in [-0.1, -0.05) is 0 Å². The normalized spacial score (nSPS) is 12.1. The van der Waals surface area contributed by atoms with Crippen molar-refractivity contribution in [3.8, 4) is 0 Å². The summed E-state index contributed by atoms with van der Waals surface area (Å²) >= 11 is 0. The van der Waals surface area contributed by atoms with Crippen molar-refractivity contribution < 1.29 is 29.0 Å². The Hall–Kier alpha value is -1.82. The molecule has 0 fully saturated rings. The quantitative estimate of drug-likeness (QED) is 0.675. The summed E-state index contributed by atoms with van der Waals surface area (Å²) in [5.74, 6) is -2.68. The van der Waals surface area contributed by atoms with Gasteiger partial charge in [0.25, 0.3) is 0 Å². The number of furan rings is 1. The minimum Gasteiger partial charge on any atom is -0.475 e. The van der Waals surface area contributed by atoms with Gasteiger partial charge in [-0.25, -0.2) is 9.59 Å². The van der Waals surface area contributed by atoms with Crippen LogP contribution in [0.25, 0.3) is 0 Å². The summed E-state index contributed by atoms with van der Waals surface area (Å²) in [7, 11) is 1.10. The van der Waals surface area contributed by atoms with E-state index in [4.69, 9.17) is 5.11 Å². The number of ether oxygens (including phenoxy) is 1. The molecule has 1 unspecified atom stereocenters. The molecule has 1 rings (SSSR count). The summed E-state index contributed by atoms with van der Waals surface area (Å²) < 4.78 is 8.92.